The first-order chi connectivity index (χ1) is 7.18. The van der Waals surface area contributed by atoms with Crippen molar-refractivity contribution < 1.29 is 4.79 Å². The molecule has 80 valence electrons. The predicted molar refractivity (Wildman–Crippen MR) is 61.1 cm³/mol. The minimum Gasteiger partial charge on any atom is -0.313 e. The van der Waals surface area contributed by atoms with E-state index >= 15 is 0 Å². The highest BCUT2D eigenvalue weighted by atomic mass is 16.1. The molecule has 0 saturated carbocycles. The van der Waals surface area contributed by atoms with Crippen molar-refractivity contribution in [2.24, 2.45) is 5.92 Å². The average Bonchev–Trinajstić information content (AvgIpc) is 2.65. The fourth-order valence-electron chi connectivity index (χ4n) is 2.15. The first-order valence-corrected chi connectivity index (χ1v) is 5.53. The van der Waals surface area contributed by atoms with Gasteiger partial charge in [0, 0.05) is 17.5 Å². The maximum atomic E-state index is 12.1. The zero-order chi connectivity index (χ0) is 10.8. The Morgan fingerprint density at radius 2 is 2.00 bits per heavy atom. The monoisotopic (exact) mass is 203 g/mol. The van der Waals surface area contributed by atoms with E-state index in [1.807, 2.05) is 31.2 Å². The Kier molecular flexibility index (Phi) is 2.87. The maximum absolute atomic E-state index is 12.1. The molecule has 0 bridgehead atoms. The van der Waals surface area contributed by atoms with Gasteiger partial charge in [0.25, 0.3) is 0 Å². The van der Waals surface area contributed by atoms with Crippen LogP contribution in [0.25, 0.3) is 0 Å². The van der Waals surface area contributed by atoms with Crippen molar-refractivity contribution in [3.8, 4) is 0 Å². The van der Waals surface area contributed by atoms with Crippen LogP contribution >= 0.6 is 0 Å². The molecule has 1 N–H and O–H groups in total. The van der Waals surface area contributed by atoms with Crippen LogP contribution in [0.15, 0.2) is 24.3 Å². The summed E-state index contributed by atoms with van der Waals surface area (Å²) in [5, 5.41) is 3.31. The number of carbonyl (C=O) groups is 1. The lowest BCUT2D eigenvalue weighted by Gasteiger charge is -2.13. The van der Waals surface area contributed by atoms with Crippen LogP contribution in [0.5, 0.6) is 0 Å². The van der Waals surface area contributed by atoms with Gasteiger partial charge in [-0.15, -0.1) is 0 Å². The Balaban J connectivity index is 2.17. The number of hydrogen-bond acceptors (Lipinski definition) is 2. The summed E-state index contributed by atoms with van der Waals surface area (Å²) in [5.41, 5.74) is 2.05. The fourth-order valence-corrected chi connectivity index (χ4v) is 2.15. The van der Waals surface area contributed by atoms with Gasteiger partial charge in [0.15, 0.2) is 5.78 Å². The third kappa shape index (κ3) is 2.10. The second-order valence-corrected chi connectivity index (χ2v) is 4.37. The number of nitrogens with one attached hydrogen (secondary N) is 1. The van der Waals surface area contributed by atoms with E-state index < -0.39 is 0 Å². The van der Waals surface area contributed by atoms with Crippen molar-refractivity contribution in [2.75, 3.05) is 6.54 Å². The largest absolute Gasteiger partial charge is 0.313 e. The first-order valence-electron chi connectivity index (χ1n) is 5.53. The first kappa shape index (κ1) is 10.4. The van der Waals surface area contributed by atoms with Crippen molar-refractivity contribution in [3.63, 3.8) is 0 Å². The van der Waals surface area contributed by atoms with Crippen molar-refractivity contribution in [2.45, 2.75) is 26.3 Å². The fraction of sp³-hybridized carbons (Fsp3) is 0.462. The lowest BCUT2D eigenvalue weighted by molar-refractivity contribution is 0.0914. The van der Waals surface area contributed by atoms with Gasteiger partial charge in [-0.25, -0.2) is 0 Å². The average molecular weight is 203 g/mol. The topological polar surface area (TPSA) is 29.1 Å². The summed E-state index contributed by atoms with van der Waals surface area (Å²) in [7, 11) is 0. The Hall–Kier alpha value is -1.15. The van der Waals surface area contributed by atoms with Crippen LogP contribution in [-0.4, -0.2) is 18.4 Å². The molecule has 1 aliphatic heterocycles. The van der Waals surface area contributed by atoms with E-state index in [1.165, 1.54) is 5.56 Å². The van der Waals surface area contributed by atoms with Gasteiger partial charge in [-0.3, -0.25) is 4.79 Å². The molecular formula is C13H17NO. The van der Waals surface area contributed by atoms with Gasteiger partial charge >= 0.3 is 0 Å². The minimum atomic E-state index is 0.160. The number of aryl methyl sites for hydroxylation is 1. The molecule has 0 aromatic heterocycles. The molecule has 2 rings (SSSR count). The maximum Gasteiger partial charge on any atom is 0.167 e. The van der Waals surface area contributed by atoms with Crippen LogP contribution in [0.2, 0.25) is 0 Å². The van der Waals surface area contributed by atoms with Crippen LogP contribution in [0.3, 0.4) is 0 Å². The van der Waals surface area contributed by atoms with Crippen molar-refractivity contribution in [3.05, 3.63) is 35.4 Å². The van der Waals surface area contributed by atoms with Gasteiger partial charge in [0.1, 0.15) is 0 Å². The highest BCUT2D eigenvalue weighted by molar-refractivity contribution is 5.98. The van der Waals surface area contributed by atoms with E-state index in [1.54, 1.807) is 0 Å². The van der Waals surface area contributed by atoms with Gasteiger partial charge < -0.3 is 5.32 Å². The van der Waals surface area contributed by atoms with E-state index in [4.69, 9.17) is 0 Å². The smallest absolute Gasteiger partial charge is 0.167 e. The molecular weight excluding hydrogens is 186 g/mol. The van der Waals surface area contributed by atoms with Crippen molar-refractivity contribution >= 4 is 5.78 Å². The number of rotatable bonds is 2. The van der Waals surface area contributed by atoms with E-state index in [2.05, 4.69) is 12.2 Å². The summed E-state index contributed by atoms with van der Waals surface area (Å²) >= 11 is 0. The molecule has 15 heavy (non-hydrogen) atoms. The molecule has 1 heterocycles. The Labute approximate surface area is 90.7 Å². The minimum absolute atomic E-state index is 0.160. The SMILES string of the molecule is Cc1ccc(C(=O)C2CCNC2C)cc1. The van der Waals surface area contributed by atoms with Crippen molar-refractivity contribution in [1.29, 1.82) is 0 Å². The lowest BCUT2D eigenvalue weighted by atomic mass is 9.92. The molecule has 1 fully saturated rings. The van der Waals surface area contributed by atoms with E-state index in [0.717, 1.165) is 18.5 Å². The summed E-state index contributed by atoms with van der Waals surface area (Å²) in [4.78, 5) is 12.1. The van der Waals surface area contributed by atoms with Crippen LogP contribution in [0, 0.1) is 12.8 Å². The zero-order valence-electron chi connectivity index (χ0n) is 9.29. The van der Waals surface area contributed by atoms with Gasteiger partial charge in [-0.05, 0) is 26.8 Å². The number of ketones is 1. The predicted octanol–water partition coefficient (Wildman–Crippen LogP) is 2.18. The highest BCUT2D eigenvalue weighted by Gasteiger charge is 2.29. The summed E-state index contributed by atoms with van der Waals surface area (Å²) in [6.45, 7) is 5.08. The zero-order valence-corrected chi connectivity index (χ0v) is 9.29. The molecule has 0 radical (unpaired) electrons. The highest BCUT2D eigenvalue weighted by Crippen LogP contribution is 2.20. The summed E-state index contributed by atoms with van der Waals surface area (Å²) in [6.07, 6.45) is 0.966. The summed E-state index contributed by atoms with van der Waals surface area (Å²) in [5.74, 6) is 0.445. The second-order valence-electron chi connectivity index (χ2n) is 4.37. The van der Waals surface area contributed by atoms with Gasteiger partial charge in [-0.1, -0.05) is 29.8 Å². The molecule has 2 heteroatoms. The molecule has 0 amide bonds. The normalized spacial score (nSPS) is 25.5. The standard InChI is InChI=1S/C13H17NO/c1-9-3-5-11(6-4-9)13(15)12-7-8-14-10(12)2/h3-6,10,12,14H,7-8H2,1-2H3. The molecule has 2 nitrogen and oxygen atoms in total. The molecule has 1 aromatic rings. The molecule has 1 saturated heterocycles. The van der Waals surface area contributed by atoms with Gasteiger partial charge in [-0.2, -0.15) is 0 Å². The molecule has 0 spiro atoms. The summed E-state index contributed by atoms with van der Waals surface area (Å²) in [6, 6.07) is 8.19. The number of hydrogen-bond donors (Lipinski definition) is 1. The van der Waals surface area contributed by atoms with Crippen LogP contribution in [0.1, 0.15) is 29.3 Å². The lowest BCUT2D eigenvalue weighted by Crippen LogP contribution is -2.28. The molecule has 1 aliphatic rings. The van der Waals surface area contributed by atoms with Crippen LogP contribution < -0.4 is 5.32 Å². The van der Waals surface area contributed by atoms with Crippen LogP contribution in [-0.2, 0) is 0 Å². The third-order valence-corrected chi connectivity index (χ3v) is 3.20. The second kappa shape index (κ2) is 4.15. The third-order valence-electron chi connectivity index (χ3n) is 3.20. The Bertz CT molecular complexity index is 355. The van der Waals surface area contributed by atoms with Crippen molar-refractivity contribution in [1.82, 2.24) is 5.32 Å². The number of Topliss-reactive ketones (excluding diaryl/α,β-unsaturated/α-hetero) is 1. The molecule has 0 aliphatic carbocycles. The van der Waals surface area contributed by atoms with Crippen LogP contribution in [0.4, 0.5) is 0 Å². The van der Waals surface area contributed by atoms with E-state index in [-0.39, 0.29) is 11.7 Å². The summed E-state index contributed by atoms with van der Waals surface area (Å²) < 4.78 is 0. The van der Waals surface area contributed by atoms with E-state index in [9.17, 15) is 4.79 Å². The van der Waals surface area contributed by atoms with Gasteiger partial charge in [0.05, 0.1) is 0 Å². The number of benzene rings is 1. The number of carbonyl (C=O) groups excluding carboxylic acids is 1. The van der Waals surface area contributed by atoms with Gasteiger partial charge in [0.2, 0.25) is 0 Å². The molecule has 2 unspecified atom stereocenters. The molecule has 2 atom stereocenters. The Morgan fingerprint density at radius 1 is 1.33 bits per heavy atom. The Morgan fingerprint density at radius 3 is 2.53 bits per heavy atom. The molecule has 1 aromatic carbocycles. The quantitative estimate of drug-likeness (QED) is 0.746. The van der Waals surface area contributed by atoms with E-state index in [0.29, 0.717) is 6.04 Å².